The molecule has 2 aromatic rings. The Morgan fingerprint density at radius 2 is 2.20 bits per heavy atom. The molecular formula is C17H18ClN5O2. The number of anilines is 1. The fourth-order valence-corrected chi connectivity index (χ4v) is 3.38. The molecule has 8 heteroatoms. The molecule has 0 saturated carbocycles. The van der Waals surface area contributed by atoms with Gasteiger partial charge in [0, 0.05) is 44.0 Å². The van der Waals surface area contributed by atoms with Crippen LogP contribution in [-0.2, 0) is 11.8 Å². The summed E-state index contributed by atoms with van der Waals surface area (Å²) in [6.07, 6.45) is 4.73. The highest BCUT2D eigenvalue weighted by Crippen LogP contribution is 2.26. The van der Waals surface area contributed by atoms with Crippen LogP contribution < -0.4 is 10.9 Å². The van der Waals surface area contributed by atoms with Crippen molar-refractivity contribution in [3.8, 4) is 6.07 Å². The number of hydrogen-bond acceptors (Lipinski definition) is 5. The Morgan fingerprint density at radius 1 is 1.48 bits per heavy atom. The summed E-state index contributed by atoms with van der Waals surface area (Å²) >= 11 is 5.60. The second kappa shape index (κ2) is 7.11. The SMILES string of the molecule is Cn1c(=O)c(C#N)c(NC2CCN(C(=O)CCl)CC2)c2cnccc21. The number of amides is 1. The number of halogens is 1. The number of likely N-dealkylation sites (tertiary alicyclic amines) is 1. The van der Waals surface area contributed by atoms with E-state index < -0.39 is 0 Å². The summed E-state index contributed by atoms with van der Waals surface area (Å²) in [5.41, 5.74) is 0.993. The molecule has 1 N–H and O–H groups in total. The first-order chi connectivity index (χ1) is 12.1. The lowest BCUT2D eigenvalue weighted by Gasteiger charge is -2.33. The lowest BCUT2D eigenvalue weighted by atomic mass is 10.0. The Morgan fingerprint density at radius 3 is 2.84 bits per heavy atom. The number of nitrogens with zero attached hydrogens (tertiary/aromatic N) is 4. The number of aryl methyl sites for hydroxylation is 1. The molecule has 0 aliphatic carbocycles. The second-order valence-electron chi connectivity index (χ2n) is 6.05. The van der Waals surface area contributed by atoms with Crippen LogP contribution >= 0.6 is 11.6 Å². The van der Waals surface area contributed by atoms with E-state index in [1.54, 1.807) is 30.4 Å². The molecule has 2 aromatic heterocycles. The van der Waals surface area contributed by atoms with Crippen LogP contribution in [0.25, 0.3) is 10.9 Å². The van der Waals surface area contributed by atoms with Gasteiger partial charge >= 0.3 is 0 Å². The summed E-state index contributed by atoms with van der Waals surface area (Å²) < 4.78 is 1.46. The van der Waals surface area contributed by atoms with Crippen molar-refractivity contribution in [3.05, 3.63) is 34.4 Å². The lowest BCUT2D eigenvalue weighted by Crippen LogP contribution is -2.43. The van der Waals surface area contributed by atoms with Gasteiger partial charge in [-0.3, -0.25) is 14.6 Å². The number of nitrogens with one attached hydrogen (secondary N) is 1. The third-order valence-electron chi connectivity index (χ3n) is 4.62. The topological polar surface area (TPSA) is 91.0 Å². The zero-order chi connectivity index (χ0) is 18.0. The molecule has 0 aromatic carbocycles. The number of alkyl halides is 1. The lowest BCUT2D eigenvalue weighted by molar-refractivity contribution is -0.129. The van der Waals surface area contributed by atoms with Crippen molar-refractivity contribution in [2.24, 2.45) is 7.05 Å². The van der Waals surface area contributed by atoms with Crippen molar-refractivity contribution in [2.75, 3.05) is 24.3 Å². The van der Waals surface area contributed by atoms with E-state index in [-0.39, 0.29) is 29.0 Å². The average Bonchev–Trinajstić information content (AvgIpc) is 2.66. The maximum Gasteiger partial charge on any atom is 0.270 e. The average molecular weight is 360 g/mol. The van der Waals surface area contributed by atoms with Crippen molar-refractivity contribution in [2.45, 2.75) is 18.9 Å². The van der Waals surface area contributed by atoms with E-state index in [0.717, 1.165) is 23.7 Å². The van der Waals surface area contributed by atoms with Crippen molar-refractivity contribution in [3.63, 3.8) is 0 Å². The van der Waals surface area contributed by atoms with Crippen molar-refractivity contribution in [1.29, 1.82) is 5.26 Å². The first-order valence-electron chi connectivity index (χ1n) is 8.04. The molecule has 0 unspecified atom stereocenters. The molecule has 0 atom stereocenters. The molecular weight excluding hydrogens is 342 g/mol. The van der Waals surface area contributed by atoms with Crippen LogP contribution in [0.4, 0.5) is 5.69 Å². The summed E-state index contributed by atoms with van der Waals surface area (Å²) in [6.45, 7) is 1.21. The van der Waals surface area contributed by atoms with Crippen LogP contribution in [0.1, 0.15) is 18.4 Å². The van der Waals surface area contributed by atoms with Gasteiger partial charge in [0.15, 0.2) is 0 Å². The molecule has 7 nitrogen and oxygen atoms in total. The molecule has 0 bridgehead atoms. The van der Waals surface area contributed by atoms with Crippen molar-refractivity contribution in [1.82, 2.24) is 14.5 Å². The predicted octanol–water partition coefficient (Wildman–Crippen LogP) is 1.45. The van der Waals surface area contributed by atoms with E-state index >= 15 is 0 Å². The zero-order valence-corrected chi connectivity index (χ0v) is 14.6. The molecule has 25 heavy (non-hydrogen) atoms. The van der Waals surface area contributed by atoms with Crippen LogP contribution in [0.5, 0.6) is 0 Å². The number of piperidine rings is 1. The first kappa shape index (κ1) is 17.2. The Labute approximate surface area is 149 Å². The Hall–Kier alpha value is -2.59. The van der Waals surface area contributed by atoms with Crippen LogP contribution in [0.3, 0.4) is 0 Å². The highest BCUT2D eigenvalue weighted by Gasteiger charge is 2.24. The van der Waals surface area contributed by atoms with Crippen molar-refractivity contribution < 1.29 is 4.79 Å². The van der Waals surface area contributed by atoms with Crippen LogP contribution in [0.15, 0.2) is 23.3 Å². The second-order valence-corrected chi connectivity index (χ2v) is 6.32. The van der Waals surface area contributed by atoms with E-state index in [1.165, 1.54) is 4.57 Å². The maximum absolute atomic E-state index is 12.5. The van der Waals surface area contributed by atoms with E-state index in [0.29, 0.717) is 18.8 Å². The maximum atomic E-state index is 12.5. The van der Waals surface area contributed by atoms with Crippen LogP contribution in [-0.4, -0.2) is 45.4 Å². The molecule has 1 saturated heterocycles. The van der Waals surface area contributed by atoms with Crippen LogP contribution in [0, 0.1) is 11.3 Å². The van der Waals surface area contributed by atoms with Gasteiger partial charge < -0.3 is 14.8 Å². The van der Waals surface area contributed by atoms with Gasteiger partial charge in [-0.1, -0.05) is 0 Å². The monoisotopic (exact) mass is 359 g/mol. The minimum atomic E-state index is -0.335. The van der Waals surface area contributed by atoms with E-state index in [2.05, 4.69) is 10.3 Å². The Bertz CT molecular complexity index is 910. The number of carbonyl (C=O) groups is 1. The molecule has 3 heterocycles. The molecule has 130 valence electrons. The third-order valence-corrected chi connectivity index (χ3v) is 4.85. The standard InChI is InChI=1S/C17H18ClN5O2/c1-22-14-2-5-20-10-13(14)16(12(9-19)17(22)25)21-11-3-6-23(7-4-11)15(24)8-18/h2,5,10-11,21H,3-4,6-8H2,1H3. The summed E-state index contributed by atoms with van der Waals surface area (Å²) in [5.74, 6) is -0.0807. The minimum Gasteiger partial charge on any atom is -0.380 e. The van der Waals surface area contributed by atoms with E-state index in [4.69, 9.17) is 11.6 Å². The molecule has 3 rings (SSSR count). The first-order valence-corrected chi connectivity index (χ1v) is 8.57. The largest absolute Gasteiger partial charge is 0.380 e. The fraction of sp³-hybridized carbons (Fsp3) is 0.412. The third kappa shape index (κ3) is 3.17. The summed E-state index contributed by atoms with van der Waals surface area (Å²) in [6, 6.07) is 3.84. The number of carbonyl (C=O) groups excluding carboxylic acids is 1. The van der Waals surface area contributed by atoms with Gasteiger partial charge in [0.25, 0.3) is 5.56 Å². The van der Waals surface area contributed by atoms with Gasteiger partial charge in [0.2, 0.25) is 5.91 Å². The normalized spacial score (nSPS) is 15.2. The number of pyridine rings is 2. The summed E-state index contributed by atoms with van der Waals surface area (Å²) in [5, 5.41) is 13.5. The van der Waals surface area contributed by atoms with Crippen molar-refractivity contribution >= 4 is 34.1 Å². The number of aromatic nitrogens is 2. The fourth-order valence-electron chi connectivity index (χ4n) is 3.21. The molecule has 1 fully saturated rings. The zero-order valence-electron chi connectivity index (χ0n) is 13.8. The molecule has 1 aliphatic rings. The molecule has 0 radical (unpaired) electrons. The number of fused-ring (bicyclic) bond motifs is 1. The molecule has 0 spiro atoms. The number of rotatable bonds is 3. The molecule has 1 amide bonds. The van der Waals surface area contributed by atoms with Gasteiger partial charge in [-0.15, -0.1) is 11.6 Å². The molecule has 1 aliphatic heterocycles. The highest BCUT2D eigenvalue weighted by atomic mass is 35.5. The van der Waals surface area contributed by atoms with Gasteiger partial charge in [-0.25, -0.2) is 0 Å². The summed E-state index contributed by atoms with van der Waals surface area (Å²) in [7, 11) is 1.64. The highest BCUT2D eigenvalue weighted by molar-refractivity contribution is 6.27. The van der Waals surface area contributed by atoms with Gasteiger partial charge in [-0.05, 0) is 18.9 Å². The smallest absolute Gasteiger partial charge is 0.270 e. The number of hydrogen-bond donors (Lipinski definition) is 1. The van der Waals surface area contributed by atoms with E-state index in [1.807, 2.05) is 6.07 Å². The predicted molar refractivity (Wildman–Crippen MR) is 95.6 cm³/mol. The quantitative estimate of drug-likeness (QED) is 0.837. The van der Waals surface area contributed by atoms with Gasteiger partial charge in [0.05, 0.1) is 11.2 Å². The number of nitriles is 1. The van der Waals surface area contributed by atoms with Gasteiger partial charge in [-0.2, -0.15) is 5.26 Å². The summed E-state index contributed by atoms with van der Waals surface area (Å²) in [4.78, 5) is 30.0. The van der Waals surface area contributed by atoms with Gasteiger partial charge in [0.1, 0.15) is 17.5 Å². The minimum absolute atomic E-state index is 0.0122. The Balaban J connectivity index is 1.92. The van der Waals surface area contributed by atoms with Crippen LogP contribution in [0.2, 0.25) is 0 Å². The van der Waals surface area contributed by atoms with E-state index in [9.17, 15) is 14.9 Å². The Kier molecular flexibility index (Phi) is 4.91.